The molecule has 2 N–H and O–H groups in total. The average Bonchev–Trinajstić information content (AvgIpc) is 2.65. The van der Waals surface area contributed by atoms with Crippen molar-refractivity contribution in [3.05, 3.63) is 76.3 Å². The van der Waals surface area contributed by atoms with Gasteiger partial charge in [-0.15, -0.1) is 0 Å². The summed E-state index contributed by atoms with van der Waals surface area (Å²) in [5.74, 6) is -1.00. The van der Waals surface area contributed by atoms with Crippen LogP contribution in [0.2, 0.25) is 10.0 Å². The molecule has 0 unspecified atom stereocenters. The van der Waals surface area contributed by atoms with E-state index in [1.54, 1.807) is 18.3 Å². The number of carbonyl (C=O) groups is 2. The quantitative estimate of drug-likeness (QED) is 0.373. The van der Waals surface area contributed by atoms with Crippen LogP contribution in [0.3, 0.4) is 0 Å². The lowest BCUT2D eigenvalue weighted by Crippen LogP contribution is -2.24. The zero-order valence-corrected chi connectivity index (χ0v) is 15.6. The second-order valence-electron chi connectivity index (χ2n) is 5.72. The molecule has 0 aliphatic carbocycles. The van der Waals surface area contributed by atoms with Crippen molar-refractivity contribution in [2.24, 2.45) is 5.10 Å². The fourth-order valence-electron chi connectivity index (χ4n) is 2.50. The normalized spacial score (nSPS) is 10.9. The van der Waals surface area contributed by atoms with Crippen LogP contribution in [-0.2, 0) is 9.59 Å². The first-order valence-corrected chi connectivity index (χ1v) is 8.83. The number of halogens is 2. The molecule has 0 aliphatic rings. The molecule has 3 aromatic carbocycles. The Hall–Kier alpha value is -2.89. The summed E-state index contributed by atoms with van der Waals surface area (Å²) >= 11 is 11.7. The van der Waals surface area contributed by atoms with Crippen molar-refractivity contribution >= 4 is 57.7 Å². The zero-order chi connectivity index (χ0) is 19.2. The van der Waals surface area contributed by atoms with E-state index in [1.807, 2.05) is 42.5 Å². The van der Waals surface area contributed by atoms with Crippen molar-refractivity contribution < 1.29 is 9.59 Å². The molecule has 0 atom stereocenters. The summed E-state index contributed by atoms with van der Waals surface area (Å²) in [4.78, 5) is 23.8. The van der Waals surface area contributed by atoms with Gasteiger partial charge in [0.2, 0.25) is 11.8 Å². The van der Waals surface area contributed by atoms with Crippen LogP contribution in [0.1, 0.15) is 12.0 Å². The highest BCUT2D eigenvalue weighted by atomic mass is 35.5. The first-order chi connectivity index (χ1) is 13.0. The average molecular weight is 400 g/mol. The highest BCUT2D eigenvalue weighted by Gasteiger charge is 2.10. The van der Waals surface area contributed by atoms with Crippen molar-refractivity contribution in [1.82, 2.24) is 5.43 Å². The van der Waals surface area contributed by atoms with E-state index in [9.17, 15) is 9.59 Å². The Labute approximate surface area is 166 Å². The van der Waals surface area contributed by atoms with E-state index in [4.69, 9.17) is 23.2 Å². The fourth-order valence-corrected chi connectivity index (χ4v) is 2.80. The number of anilines is 1. The molecule has 27 heavy (non-hydrogen) atoms. The highest BCUT2D eigenvalue weighted by Crippen LogP contribution is 2.25. The van der Waals surface area contributed by atoms with Crippen molar-refractivity contribution in [3.8, 4) is 0 Å². The molecule has 0 heterocycles. The molecular weight excluding hydrogens is 385 g/mol. The monoisotopic (exact) mass is 399 g/mol. The van der Waals surface area contributed by atoms with E-state index in [1.165, 1.54) is 6.07 Å². The molecule has 2 amide bonds. The summed E-state index contributed by atoms with van der Waals surface area (Å²) in [7, 11) is 0. The number of nitrogens with one attached hydrogen (secondary N) is 2. The van der Waals surface area contributed by atoms with Gasteiger partial charge in [0.15, 0.2) is 0 Å². The molecular formula is C20H15Cl2N3O2. The van der Waals surface area contributed by atoms with Crippen LogP contribution < -0.4 is 10.7 Å². The Morgan fingerprint density at radius 3 is 2.52 bits per heavy atom. The summed E-state index contributed by atoms with van der Waals surface area (Å²) < 4.78 is 0. The number of hydrazone groups is 1. The number of benzene rings is 3. The van der Waals surface area contributed by atoms with Crippen LogP contribution in [-0.4, -0.2) is 18.0 Å². The Kier molecular flexibility index (Phi) is 6.06. The lowest BCUT2D eigenvalue weighted by molar-refractivity contribution is -0.126. The van der Waals surface area contributed by atoms with E-state index in [0.717, 1.165) is 16.3 Å². The van der Waals surface area contributed by atoms with Crippen LogP contribution in [0.5, 0.6) is 0 Å². The molecule has 5 nitrogen and oxygen atoms in total. The van der Waals surface area contributed by atoms with Gasteiger partial charge in [-0.05, 0) is 29.0 Å². The molecule has 136 valence electrons. The van der Waals surface area contributed by atoms with Crippen LogP contribution in [0.4, 0.5) is 5.69 Å². The molecule has 0 fully saturated rings. The molecule has 0 bridgehead atoms. The number of hydrogen-bond donors (Lipinski definition) is 2. The highest BCUT2D eigenvalue weighted by molar-refractivity contribution is 6.42. The number of carbonyl (C=O) groups excluding carboxylic acids is 2. The van der Waals surface area contributed by atoms with Crippen LogP contribution >= 0.6 is 23.2 Å². The van der Waals surface area contributed by atoms with Crippen LogP contribution in [0.25, 0.3) is 10.8 Å². The molecule has 3 rings (SSSR count). The van der Waals surface area contributed by atoms with E-state index < -0.39 is 11.8 Å². The van der Waals surface area contributed by atoms with Crippen molar-refractivity contribution in [1.29, 1.82) is 0 Å². The fraction of sp³-hybridized carbons (Fsp3) is 0.0500. The first kappa shape index (κ1) is 18.9. The zero-order valence-electron chi connectivity index (χ0n) is 14.1. The Bertz CT molecular complexity index is 1030. The molecule has 0 saturated carbocycles. The minimum absolute atomic E-state index is 0.318. The summed E-state index contributed by atoms with van der Waals surface area (Å²) in [5.41, 5.74) is 3.68. The molecule has 0 aliphatic heterocycles. The van der Waals surface area contributed by atoms with Gasteiger partial charge in [0.1, 0.15) is 6.42 Å². The number of fused-ring (bicyclic) bond motifs is 1. The van der Waals surface area contributed by atoms with Gasteiger partial charge in [-0.1, -0.05) is 65.7 Å². The summed E-state index contributed by atoms with van der Waals surface area (Å²) in [5, 5.41) is 9.32. The Balaban J connectivity index is 1.56. The second-order valence-corrected chi connectivity index (χ2v) is 6.53. The first-order valence-electron chi connectivity index (χ1n) is 8.07. The van der Waals surface area contributed by atoms with E-state index >= 15 is 0 Å². The van der Waals surface area contributed by atoms with Crippen LogP contribution in [0, 0.1) is 0 Å². The number of hydrogen-bond acceptors (Lipinski definition) is 3. The lowest BCUT2D eigenvalue weighted by atomic mass is 10.1. The third-order valence-electron chi connectivity index (χ3n) is 3.74. The molecule has 0 aromatic heterocycles. The maximum Gasteiger partial charge on any atom is 0.249 e. The SMILES string of the molecule is O=C(CC(=O)Nc1ccc(Cl)c(Cl)c1)N/N=C/c1cccc2ccccc12. The number of amides is 2. The van der Waals surface area contributed by atoms with Gasteiger partial charge < -0.3 is 5.32 Å². The summed E-state index contributed by atoms with van der Waals surface area (Å²) in [6, 6.07) is 18.4. The van der Waals surface area contributed by atoms with Crippen molar-refractivity contribution in [2.75, 3.05) is 5.32 Å². The van der Waals surface area contributed by atoms with Gasteiger partial charge in [0.05, 0.1) is 16.3 Å². The van der Waals surface area contributed by atoms with Gasteiger partial charge in [-0.25, -0.2) is 5.43 Å². The molecule has 3 aromatic rings. The minimum Gasteiger partial charge on any atom is -0.326 e. The predicted molar refractivity (Wildman–Crippen MR) is 109 cm³/mol. The van der Waals surface area contributed by atoms with Crippen molar-refractivity contribution in [3.63, 3.8) is 0 Å². The van der Waals surface area contributed by atoms with Gasteiger partial charge in [-0.3, -0.25) is 9.59 Å². The maximum atomic E-state index is 11.9. The predicted octanol–water partition coefficient (Wildman–Crippen LogP) is 4.63. The smallest absolute Gasteiger partial charge is 0.249 e. The summed E-state index contributed by atoms with van der Waals surface area (Å²) in [6.45, 7) is 0. The number of nitrogens with zero attached hydrogens (tertiary/aromatic N) is 1. The van der Waals surface area contributed by atoms with Crippen molar-refractivity contribution in [2.45, 2.75) is 6.42 Å². The van der Waals surface area contributed by atoms with E-state index in [0.29, 0.717) is 15.7 Å². The molecule has 0 saturated heterocycles. The maximum absolute atomic E-state index is 11.9. The van der Waals surface area contributed by atoms with Gasteiger partial charge in [0.25, 0.3) is 0 Å². The third-order valence-corrected chi connectivity index (χ3v) is 4.48. The Morgan fingerprint density at radius 2 is 1.70 bits per heavy atom. The van der Waals surface area contributed by atoms with Crippen LogP contribution in [0.15, 0.2) is 65.8 Å². The van der Waals surface area contributed by atoms with E-state index in [2.05, 4.69) is 15.8 Å². The largest absolute Gasteiger partial charge is 0.326 e. The minimum atomic E-state index is -0.524. The number of rotatable bonds is 5. The van der Waals surface area contributed by atoms with E-state index in [-0.39, 0.29) is 6.42 Å². The molecule has 7 heteroatoms. The Morgan fingerprint density at radius 1 is 0.926 bits per heavy atom. The molecule has 0 spiro atoms. The van der Waals surface area contributed by atoms with Gasteiger partial charge in [-0.2, -0.15) is 5.10 Å². The molecule has 0 radical (unpaired) electrons. The second kappa shape index (κ2) is 8.66. The third kappa shape index (κ3) is 5.06. The van der Waals surface area contributed by atoms with Gasteiger partial charge >= 0.3 is 0 Å². The standard InChI is InChI=1S/C20H15Cl2N3O2/c21-17-9-8-15(10-18(17)22)24-19(26)11-20(27)25-23-12-14-6-3-5-13-4-1-2-7-16(13)14/h1-10,12H,11H2,(H,24,26)(H,25,27)/b23-12+. The summed E-state index contributed by atoms with van der Waals surface area (Å²) in [6.07, 6.45) is 1.18. The van der Waals surface area contributed by atoms with Gasteiger partial charge in [0, 0.05) is 11.3 Å². The lowest BCUT2D eigenvalue weighted by Gasteiger charge is -2.06. The topological polar surface area (TPSA) is 70.6 Å².